The molecule has 0 aliphatic carbocycles. The van der Waals surface area contributed by atoms with Crippen LogP contribution in [0.2, 0.25) is 0 Å². The molecular weight excluding hydrogens is 330 g/mol. The van der Waals surface area contributed by atoms with E-state index in [-0.39, 0.29) is 23.3 Å². The van der Waals surface area contributed by atoms with E-state index < -0.39 is 30.2 Å². The molecule has 4 nitrogen and oxygen atoms in total. The molecule has 0 aliphatic heterocycles. The predicted octanol–water partition coefficient (Wildman–Crippen LogP) is 4.28. The SMILES string of the molecule is CCCCOC(=O)c1ccccc1C(=O)OCc1cc(F)ccc1F. The van der Waals surface area contributed by atoms with E-state index >= 15 is 0 Å². The molecule has 0 amide bonds. The van der Waals surface area contributed by atoms with Crippen LogP contribution in [0.3, 0.4) is 0 Å². The van der Waals surface area contributed by atoms with Crippen LogP contribution in [0.4, 0.5) is 8.78 Å². The number of halogens is 2. The van der Waals surface area contributed by atoms with Crippen molar-refractivity contribution in [3.63, 3.8) is 0 Å². The summed E-state index contributed by atoms with van der Waals surface area (Å²) in [4.78, 5) is 24.3. The van der Waals surface area contributed by atoms with Crippen molar-refractivity contribution in [3.8, 4) is 0 Å². The molecule has 0 aliphatic rings. The number of carbonyl (C=O) groups excluding carboxylic acids is 2. The molecule has 0 aromatic heterocycles. The summed E-state index contributed by atoms with van der Waals surface area (Å²) in [6.45, 7) is 1.78. The highest BCUT2D eigenvalue weighted by atomic mass is 19.1. The standard InChI is InChI=1S/C19H18F2O4/c1-2-3-10-24-18(22)15-6-4-5-7-16(15)19(23)25-12-13-11-14(20)8-9-17(13)21/h4-9,11H,2-3,10,12H2,1H3. The molecule has 2 aromatic rings. The van der Waals surface area contributed by atoms with Gasteiger partial charge in [-0.25, -0.2) is 18.4 Å². The first-order chi connectivity index (χ1) is 12.0. The normalized spacial score (nSPS) is 10.4. The third kappa shape index (κ3) is 5.11. The van der Waals surface area contributed by atoms with Gasteiger partial charge in [-0.05, 0) is 36.8 Å². The van der Waals surface area contributed by atoms with Crippen LogP contribution in [0.15, 0.2) is 42.5 Å². The van der Waals surface area contributed by atoms with E-state index in [1.165, 1.54) is 12.1 Å². The first-order valence-electron chi connectivity index (χ1n) is 7.90. The number of esters is 2. The van der Waals surface area contributed by atoms with Crippen molar-refractivity contribution in [2.45, 2.75) is 26.4 Å². The quantitative estimate of drug-likeness (QED) is 0.554. The van der Waals surface area contributed by atoms with Gasteiger partial charge in [0.05, 0.1) is 17.7 Å². The third-order valence-electron chi connectivity index (χ3n) is 3.46. The van der Waals surface area contributed by atoms with Crippen LogP contribution < -0.4 is 0 Å². The Kier molecular flexibility index (Phi) is 6.62. The fourth-order valence-electron chi connectivity index (χ4n) is 2.10. The smallest absolute Gasteiger partial charge is 0.339 e. The van der Waals surface area contributed by atoms with Gasteiger partial charge in [-0.2, -0.15) is 0 Å². The van der Waals surface area contributed by atoms with Crippen LogP contribution in [0.1, 0.15) is 46.0 Å². The summed E-state index contributed by atoms with van der Waals surface area (Å²) >= 11 is 0. The van der Waals surface area contributed by atoms with Crippen LogP contribution in [-0.2, 0) is 16.1 Å². The molecule has 0 bridgehead atoms. The lowest BCUT2D eigenvalue weighted by atomic mass is 10.1. The topological polar surface area (TPSA) is 52.6 Å². The second-order valence-electron chi connectivity index (χ2n) is 5.35. The molecule has 0 atom stereocenters. The Bertz CT molecular complexity index is 759. The molecule has 25 heavy (non-hydrogen) atoms. The van der Waals surface area contributed by atoms with Gasteiger partial charge in [-0.1, -0.05) is 25.5 Å². The Morgan fingerprint density at radius 1 is 0.960 bits per heavy atom. The Labute approximate surface area is 144 Å². The Morgan fingerprint density at radius 3 is 2.24 bits per heavy atom. The van der Waals surface area contributed by atoms with Gasteiger partial charge in [0.2, 0.25) is 0 Å². The number of benzene rings is 2. The lowest BCUT2D eigenvalue weighted by Crippen LogP contribution is -2.14. The summed E-state index contributed by atoms with van der Waals surface area (Å²) in [6.07, 6.45) is 1.59. The lowest BCUT2D eigenvalue weighted by molar-refractivity contribution is 0.0434. The van der Waals surface area contributed by atoms with E-state index in [2.05, 4.69) is 0 Å². The van der Waals surface area contributed by atoms with Gasteiger partial charge >= 0.3 is 11.9 Å². The number of rotatable bonds is 7. The Morgan fingerprint density at radius 2 is 1.60 bits per heavy atom. The molecule has 6 heteroatoms. The largest absolute Gasteiger partial charge is 0.462 e. The fraction of sp³-hybridized carbons (Fsp3) is 0.263. The summed E-state index contributed by atoms with van der Waals surface area (Å²) in [7, 11) is 0. The molecule has 0 fully saturated rings. The minimum Gasteiger partial charge on any atom is -0.462 e. The van der Waals surface area contributed by atoms with Crippen LogP contribution >= 0.6 is 0 Å². The molecule has 0 saturated heterocycles. The molecular formula is C19H18F2O4. The maximum absolute atomic E-state index is 13.6. The van der Waals surface area contributed by atoms with Gasteiger partial charge in [0, 0.05) is 5.56 Å². The zero-order valence-corrected chi connectivity index (χ0v) is 13.8. The molecule has 0 saturated carbocycles. The van der Waals surface area contributed by atoms with E-state index in [1.54, 1.807) is 12.1 Å². The number of hydrogen-bond donors (Lipinski definition) is 0. The van der Waals surface area contributed by atoms with Crippen molar-refractivity contribution in [1.29, 1.82) is 0 Å². The summed E-state index contributed by atoms with van der Waals surface area (Å²) in [5, 5.41) is 0. The maximum Gasteiger partial charge on any atom is 0.339 e. The number of ether oxygens (including phenoxy) is 2. The van der Waals surface area contributed by atoms with Crippen molar-refractivity contribution in [1.82, 2.24) is 0 Å². The summed E-state index contributed by atoms with van der Waals surface area (Å²) in [5.41, 5.74) is 0.000445. The van der Waals surface area contributed by atoms with E-state index in [0.29, 0.717) is 0 Å². The van der Waals surface area contributed by atoms with Crippen molar-refractivity contribution in [3.05, 3.63) is 70.8 Å². The van der Waals surface area contributed by atoms with Gasteiger partial charge in [0.15, 0.2) is 0 Å². The average molecular weight is 348 g/mol. The molecule has 0 radical (unpaired) electrons. The average Bonchev–Trinajstić information content (AvgIpc) is 2.62. The van der Waals surface area contributed by atoms with Gasteiger partial charge in [0.25, 0.3) is 0 Å². The maximum atomic E-state index is 13.6. The number of carbonyl (C=O) groups is 2. The van der Waals surface area contributed by atoms with Gasteiger partial charge < -0.3 is 9.47 Å². The Hall–Kier alpha value is -2.76. The van der Waals surface area contributed by atoms with Crippen molar-refractivity contribution in [2.24, 2.45) is 0 Å². The van der Waals surface area contributed by atoms with E-state index in [1.807, 2.05) is 6.92 Å². The highest BCUT2D eigenvalue weighted by molar-refractivity contribution is 6.03. The van der Waals surface area contributed by atoms with Gasteiger partial charge in [-0.3, -0.25) is 0 Å². The number of unbranched alkanes of at least 4 members (excludes halogenated alkanes) is 1. The van der Waals surface area contributed by atoms with Crippen molar-refractivity contribution < 1.29 is 27.8 Å². The van der Waals surface area contributed by atoms with Gasteiger partial charge in [-0.15, -0.1) is 0 Å². The zero-order chi connectivity index (χ0) is 18.2. The summed E-state index contributed by atoms with van der Waals surface area (Å²) < 4.78 is 36.8. The summed E-state index contributed by atoms with van der Waals surface area (Å²) in [5.74, 6) is -2.75. The first kappa shape index (κ1) is 18.6. The second-order valence-corrected chi connectivity index (χ2v) is 5.35. The van der Waals surface area contributed by atoms with Gasteiger partial charge in [0.1, 0.15) is 18.2 Å². The summed E-state index contributed by atoms with van der Waals surface area (Å²) in [6, 6.07) is 8.92. The zero-order valence-electron chi connectivity index (χ0n) is 13.8. The number of hydrogen-bond acceptors (Lipinski definition) is 4. The first-order valence-corrected chi connectivity index (χ1v) is 7.90. The molecule has 0 unspecified atom stereocenters. The van der Waals surface area contributed by atoms with E-state index in [9.17, 15) is 18.4 Å². The molecule has 0 N–H and O–H groups in total. The molecule has 2 aromatic carbocycles. The van der Waals surface area contributed by atoms with Crippen LogP contribution in [0.5, 0.6) is 0 Å². The van der Waals surface area contributed by atoms with Crippen molar-refractivity contribution in [2.75, 3.05) is 6.61 Å². The van der Waals surface area contributed by atoms with E-state index in [0.717, 1.165) is 31.0 Å². The van der Waals surface area contributed by atoms with E-state index in [4.69, 9.17) is 9.47 Å². The van der Waals surface area contributed by atoms with Crippen LogP contribution in [0.25, 0.3) is 0 Å². The third-order valence-corrected chi connectivity index (χ3v) is 3.46. The van der Waals surface area contributed by atoms with Crippen LogP contribution in [0, 0.1) is 11.6 Å². The predicted molar refractivity (Wildman–Crippen MR) is 87.1 cm³/mol. The molecule has 132 valence electrons. The molecule has 0 heterocycles. The molecule has 0 spiro atoms. The van der Waals surface area contributed by atoms with Crippen molar-refractivity contribution >= 4 is 11.9 Å². The highest BCUT2D eigenvalue weighted by Crippen LogP contribution is 2.15. The minimum atomic E-state index is -0.813. The van der Waals surface area contributed by atoms with Crippen LogP contribution in [-0.4, -0.2) is 18.5 Å². The second kappa shape index (κ2) is 8.92. The molecule has 2 rings (SSSR count). The monoisotopic (exact) mass is 348 g/mol. The lowest BCUT2D eigenvalue weighted by Gasteiger charge is -2.10. The highest BCUT2D eigenvalue weighted by Gasteiger charge is 2.19. The Balaban J connectivity index is 2.09. The fourth-order valence-corrected chi connectivity index (χ4v) is 2.10. The minimum absolute atomic E-state index is 0.0146.